The quantitative estimate of drug-likeness (QED) is 0.324. The maximum atomic E-state index is 13.6. The number of carbonyl (C=O) groups excluding carboxylic acids is 1. The van der Waals surface area contributed by atoms with Crippen molar-refractivity contribution in [3.05, 3.63) is 72.3 Å². The Morgan fingerprint density at radius 2 is 1.66 bits per heavy atom. The predicted molar refractivity (Wildman–Crippen MR) is 131 cm³/mol. The minimum atomic E-state index is -4.21. The van der Waals surface area contributed by atoms with Gasteiger partial charge >= 0.3 is 0 Å². The number of hydrazone groups is 1. The molecule has 0 spiro atoms. The molecule has 0 fully saturated rings. The molecular weight excluding hydrogens is 474 g/mol. The summed E-state index contributed by atoms with van der Waals surface area (Å²) in [7, 11) is 0.118. The molecule has 0 aliphatic carbocycles. The van der Waals surface area contributed by atoms with Crippen LogP contribution in [-0.4, -0.2) is 53.5 Å². The molecule has 11 heteroatoms. The van der Waals surface area contributed by atoms with Crippen LogP contribution in [0.25, 0.3) is 0 Å². The molecule has 3 aromatic rings. The summed E-state index contributed by atoms with van der Waals surface area (Å²) >= 11 is 0. The SMILES string of the molecule is COc1ccc(N(CC(=O)N/N=C\c2ccccc2O)S(=O)(=O)c2ccc(OC)c(OC)c2)cc1. The van der Waals surface area contributed by atoms with Gasteiger partial charge in [0.05, 0.1) is 38.1 Å². The lowest BCUT2D eigenvalue weighted by atomic mass is 10.2. The molecule has 0 radical (unpaired) electrons. The van der Waals surface area contributed by atoms with E-state index in [0.29, 0.717) is 17.1 Å². The molecule has 35 heavy (non-hydrogen) atoms. The Hall–Kier alpha value is -4.25. The van der Waals surface area contributed by atoms with E-state index in [9.17, 15) is 18.3 Å². The molecule has 10 nitrogen and oxygen atoms in total. The van der Waals surface area contributed by atoms with Crippen LogP contribution in [-0.2, 0) is 14.8 Å². The van der Waals surface area contributed by atoms with Gasteiger partial charge in [-0.25, -0.2) is 13.8 Å². The number of methoxy groups -OCH3 is 3. The van der Waals surface area contributed by atoms with Gasteiger partial charge in [-0.05, 0) is 48.5 Å². The van der Waals surface area contributed by atoms with Gasteiger partial charge in [0.25, 0.3) is 15.9 Å². The van der Waals surface area contributed by atoms with Crippen LogP contribution in [0.15, 0.2) is 76.7 Å². The summed E-state index contributed by atoms with van der Waals surface area (Å²) < 4.78 is 43.7. The van der Waals surface area contributed by atoms with Gasteiger partial charge in [0.1, 0.15) is 18.0 Å². The van der Waals surface area contributed by atoms with Crippen molar-refractivity contribution in [1.82, 2.24) is 5.43 Å². The molecule has 0 heterocycles. The third-order valence-electron chi connectivity index (χ3n) is 4.92. The first-order chi connectivity index (χ1) is 16.8. The molecule has 3 rings (SSSR count). The largest absolute Gasteiger partial charge is 0.507 e. The average molecular weight is 500 g/mol. The minimum Gasteiger partial charge on any atom is -0.507 e. The third kappa shape index (κ3) is 6.01. The standard InChI is InChI=1S/C24H25N3O7S/c1-32-19-10-8-18(9-11-19)27(16-24(29)26-25-15-17-6-4-5-7-21(17)28)35(30,31)20-12-13-22(33-2)23(14-20)34-3/h4-15,28H,16H2,1-3H3,(H,26,29)/b25-15-. The maximum Gasteiger partial charge on any atom is 0.264 e. The van der Waals surface area contributed by atoms with E-state index >= 15 is 0 Å². The number of carbonyl (C=O) groups is 1. The molecule has 2 N–H and O–H groups in total. The fourth-order valence-electron chi connectivity index (χ4n) is 3.10. The number of benzene rings is 3. The van der Waals surface area contributed by atoms with E-state index in [1.165, 1.54) is 63.9 Å². The average Bonchev–Trinajstić information content (AvgIpc) is 2.88. The van der Waals surface area contributed by atoms with E-state index in [1.807, 2.05) is 0 Å². The van der Waals surface area contributed by atoms with Crippen LogP contribution in [0, 0.1) is 0 Å². The van der Waals surface area contributed by atoms with E-state index in [2.05, 4.69) is 10.5 Å². The molecule has 0 aliphatic heterocycles. The summed E-state index contributed by atoms with van der Waals surface area (Å²) in [6, 6.07) is 16.8. The Morgan fingerprint density at radius 3 is 2.29 bits per heavy atom. The van der Waals surface area contributed by atoms with Crippen molar-refractivity contribution < 1.29 is 32.5 Å². The first-order valence-corrected chi connectivity index (χ1v) is 11.7. The van der Waals surface area contributed by atoms with E-state index in [0.717, 1.165) is 4.31 Å². The second kappa shape index (κ2) is 11.3. The lowest BCUT2D eigenvalue weighted by Gasteiger charge is -2.24. The maximum absolute atomic E-state index is 13.6. The molecule has 184 valence electrons. The first kappa shape index (κ1) is 25.4. The summed E-state index contributed by atoms with van der Waals surface area (Å²) in [6.07, 6.45) is 1.26. The summed E-state index contributed by atoms with van der Waals surface area (Å²) in [5, 5.41) is 13.6. The molecule has 0 saturated carbocycles. The molecule has 0 aromatic heterocycles. The second-order valence-corrected chi connectivity index (χ2v) is 8.94. The number of nitrogens with zero attached hydrogens (tertiary/aromatic N) is 2. The number of phenols is 1. The number of hydrogen-bond acceptors (Lipinski definition) is 8. The zero-order valence-electron chi connectivity index (χ0n) is 19.3. The van der Waals surface area contributed by atoms with Gasteiger partial charge in [-0.3, -0.25) is 9.10 Å². The number of rotatable bonds is 10. The van der Waals surface area contributed by atoms with Gasteiger partial charge in [0.2, 0.25) is 0 Å². The fourth-order valence-corrected chi connectivity index (χ4v) is 4.54. The molecule has 0 atom stereocenters. The molecule has 0 bridgehead atoms. The molecule has 0 unspecified atom stereocenters. The number of ether oxygens (including phenoxy) is 3. The van der Waals surface area contributed by atoms with Crippen molar-refractivity contribution in [3.63, 3.8) is 0 Å². The van der Waals surface area contributed by atoms with Crippen molar-refractivity contribution >= 4 is 27.8 Å². The molecule has 3 aromatic carbocycles. The van der Waals surface area contributed by atoms with E-state index < -0.39 is 22.5 Å². The highest BCUT2D eigenvalue weighted by Crippen LogP contribution is 2.32. The van der Waals surface area contributed by atoms with Gasteiger partial charge in [-0.2, -0.15) is 5.10 Å². The topological polar surface area (TPSA) is 127 Å². The first-order valence-electron chi connectivity index (χ1n) is 10.3. The van der Waals surface area contributed by atoms with Crippen LogP contribution in [0.3, 0.4) is 0 Å². The Morgan fingerprint density at radius 1 is 0.971 bits per heavy atom. The van der Waals surface area contributed by atoms with Crippen molar-refractivity contribution in [1.29, 1.82) is 0 Å². The molecule has 1 amide bonds. The molecule has 0 saturated heterocycles. The van der Waals surface area contributed by atoms with Crippen LogP contribution in [0.2, 0.25) is 0 Å². The van der Waals surface area contributed by atoms with Crippen molar-refractivity contribution in [3.8, 4) is 23.0 Å². The number of nitrogens with one attached hydrogen (secondary N) is 1. The van der Waals surface area contributed by atoms with Gasteiger partial charge in [-0.1, -0.05) is 12.1 Å². The third-order valence-corrected chi connectivity index (χ3v) is 6.69. The summed E-state index contributed by atoms with van der Waals surface area (Å²) in [5.41, 5.74) is 2.91. The number of anilines is 1. The van der Waals surface area contributed by atoms with Gasteiger partial charge in [-0.15, -0.1) is 0 Å². The highest BCUT2D eigenvalue weighted by molar-refractivity contribution is 7.92. The number of sulfonamides is 1. The van der Waals surface area contributed by atoms with E-state index in [1.54, 1.807) is 30.3 Å². The Bertz CT molecular complexity index is 1310. The zero-order valence-corrected chi connectivity index (χ0v) is 20.2. The number of para-hydroxylation sites is 1. The fraction of sp³-hybridized carbons (Fsp3) is 0.167. The number of phenolic OH excluding ortho intramolecular Hbond substituents is 1. The van der Waals surface area contributed by atoms with Crippen LogP contribution in [0.1, 0.15) is 5.56 Å². The molecular formula is C24H25N3O7S. The second-order valence-electron chi connectivity index (χ2n) is 7.08. The van der Waals surface area contributed by atoms with Crippen LogP contribution in [0.4, 0.5) is 5.69 Å². The summed E-state index contributed by atoms with van der Waals surface area (Å²) in [4.78, 5) is 12.6. The Balaban J connectivity index is 1.91. The monoisotopic (exact) mass is 499 g/mol. The minimum absolute atomic E-state index is 0.0126. The number of aromatic hydroxyl groups is 1. The predicted octanol–water partition coefficient (Wildman–Crippen LogP) is 2.76. The van der Waals surface area contributed by atoms with Crippen molar-refractivity contribution in [2.24, 2.45) is 5.10 Å². The van der Waals surface area contributed by atoms with E-state index in [-0.39, 0.29) is 22.1 Å². The zero-order chi connectivity index (χ0) is 25.4. The van der Waals surface area contributed by atoms with Gasteiger partial charge in [0.15, 0.2) is 11.5 Å². The highest BCUT2D eigenvalue weighted by atomic mass is 32.2. The van der Waals surface area contributed by atoms with Crippen molar-refractivity contribution in [2.45, 2.75) is 4.90 Å². The van der Waals surface area contributed by atoms with Crippen molar-refractivity contribution in [2.75, 3.05) is 32.2 Å². The van der Waals surface area contributed by atoms with E-state index in [4.69, 9.17) is 14.2 Å². The summed E-state index contributed by atoms with van der Waals surface area (Å²) in [5.74, 6) is 0.394. The summed E-state index contributed by atoms with van der Waals surface area (Å²) in [6.45, 7) is -0.568. The smallest absolute Gasteiger partial charge is 0.264 e. The van der Waals surface area contributed by atoms with Crippen LogP contribution >= 0.6 is 0 Å². The number of amides is 1. The van der Waals surface area contributed by atoms with Gasteiger partial charge < -0.3 is 19.3 Å². The van der Waals surface area contributed by atoms with Gasteiger partial charge in [0, 0.05) is 11.6 Å². The molecule has 0 aliphatic rings. The lowest BCUT2D eigenvalue weighted by molar-refractivity contribution is -0.119. The normalized spacial score (nSPS) is 11.2. The van der Waals surface area contributed by atoms with Crippen LogP contribution < -0.4 is 23.9 Å². The Labute approximate surface area is 203 Å². The lowest BCUT2D eigenvalue weighted by Crippen LogP contribution is -2.39. The highest BCUT2D eigenvalue weighted by Gasteiger charge is 2.28. The Kier molecular flexibility index (Phi) is 8.16. The van der Waals surface area contributed by atoms with Crippen LogP contribution in [0.5, 0.6) is 23.0 Å². The number of hydrogen-bond donors (Lipinski definition) is 2.